The number of carbonyl (C=O) groups excluding carboxylic acids is 1. The molecule has 0 aliphatic carbocycles. The van der Waals surface area contributed by atoms with Crippen molar-refractivity contribution in [3.8, 4) is 28.0 Å². The topological polar surface area (TPSA) is 67.0 Å². The van der Waals surface area contributed by atoms with E-state index >= 15 is 0 Å². The molecular weight excluding hydrogens is 419 g/mol. The molecule has 0 aliphatic rings. The molecule has 2 aromatic carbocycles. The molecule has 2 N–H and O–H groups in total. The summed E-state index contributed by atoms with van der Waals surface area (Å²) in [6.45, 7) is 5.35. The summed E-state index contributed by atoms with van der Waals surface area (Å²) < 4.78 is 42.6. The van der Waals surface area contributed by atoms with E-state index in [2.05, 4.69) is 26.6 Å². The number of hydrogen-bond acceptors (Lipinski definition) is 3. The molecule has 0 saturated heterocycles. The lowest BCUT2D eigenvalue weighted by molar-refractivity contribution is -0.274. The number of ether oxygens (including phenoxy) is 1. The van der Waals surface area contributed by atoms with Crippen LogP contribution in [0.2, 0.25) is 0 Å². The Morgan fingerprint density at radius 2 is 1.94 bits per heavy atom. The monoisotopic (exact) mass is 437 g/mol. The van der Waals surface area contributed by atoms with Crippen LogP contribution in [0.4, 0.5) is 18.9 Å². The van der Waals surface area contributed by atoms with E-state index in [9.17, 15) is 18.0 Å². The van der Waals surface area contributed by atoms with Gasteiger partial charge in [-0.3, -0.25) is 4.79 Å². The minimum atomic E-state index is -4.88. The molecule has 5 nitrogen and oxygen atoms in total. The summed E-state index contributed by atoms with van der Waals surface area (Å²) in [5, 5.41) is 3.28. The van der Waals surface area contributed by atoms with E-state index in [1.807, 2.05) is 43.5 Å². The summed E-state index contributed by atoms with van der Waals surface area (Å²) in [7, 11) is 0. The number of carbonyl (C=O) groups is 1. The molecule has 0 fully saturated rings. The Balaban J connectivity index is 1.82. The van der Waals surface area contributed by atoms with Crippen molar-refractivity contribution in [2.24, 2.45) is 0 Å². The van der Waals surface area contributed by atoms with Crippen LogP contribution in [0.1, 0.15) is 5.56 Å². The number of pyridine rings is 1. The smallest absolute Gasteiger partial charge is 0.406 e. The highest BCUT2D eigenvalue weighted by atomic mass is 19.4. The third-order valence-corrected chi connectivity index (χ3v) is 4.79. The van der Waals surface area contributed by atoms with Gasteiger partial charge in [-0.15, -0.1) is 13.2 Å². The Bertz CT molecular complexity index is 1330. The number of halogens is 3. The van der Waals surface area contributed by atoms with Crippen molar-refractivity contribution in [3.05, 3.63) is 79.1 Å². The fourth-order valence-corrected chi connectivity index (χ4v) is 3.44. The third-order valence-electron chi connectivity index (χ3n) is 4.79. The van der Waals surface area contributed by atoms with Crippen LogP contribution in [-0.2, 0) is 4.79 Å². The minimum absolute atomic E-state index is 0.139. The number of rotatable bonds is 5. The second-order valence-electron chi connectivity index (χ2n) is 7.18. The number of hydrogen-bond donors (Lipinski definition) is 2. The Labute approximate surface area is 181 Å². The van der Waals surface area contributed by atoms with Gasteiger partial charge in [-0.1, -0.05) is 36.4 Å². The van der Waals surface area contributed by atoms with E-state index in [1.165, 1.54) is 6.07 Å². The first-order valence-corrected chi connectivity index (χ1v) is 9.60. The second kappa shape index (κ2) is 8.22. The summed E-state index contributed by atoms with van der Waals surface area (Å²) in [5.74, 6) is -1.01. The minimum Gasteiger partial charge on any atom is -0.406 e. The molecule has 0 saturated carbocycles. The highest BCUT2D eigenvalue weighted by Gasteiger charge is 2.31. The van der Waals surface area contributed by atoms with E-state index in [1.54, 1.807) is 12.3 Å². The number of aromatic nitrogens is 2. The van der Waals surface area contributed by atoms with Gasteiger partial charge in [-0.25, -0.2) is 4.98 Å². The first kappa shape index (κ1) is 21.2. The Hall–Kier alpha value is -4.07. The quantitative estimate of drug-likeness (QED) is 0.364. The fourth-order valence-electron chi connectivity index (χ4n) is 3.44. The fraction of sp³-hybridized carbons (Fsp3) is 0.0833. The first-order valence-electron chi connectivity index (χ1n) is 9.60. The largest absolute Gasteiger partial charge is 0.573 e. The van der Waals surface area contributed by atoms with Crippen LogP contribution < -0.4 is 10.1 Å². The van der Waals surface area contributed by atoms with Crippen molar-refractivity contribution < 1.29 is 22.7 Å². The highest BCUT2D eigenvalue weighted by Crippen LogP contribution is 2.35. The van der Waals surface area contributed by atoms with Crippen molar-refractivity contribution in [1.29, 1.82) is 0 Å². The van der Waals surface area contributed by atoms with Crippen LogP contribution in [0.5, 0.6) is 5.75 Å². The molecule has 0 spiro atoms. The Morgan fingerprint density at radius 3 is 2.66 bits per heavy atom. The van der Waals surface area contributed by atoms with Gasteiger partial charge in [0, 0.05) is 40.7 Å². The number of aryl methyl sites for hydroxylation is 1. The zero-order valence-corrected chi connectivity index (χ0v) is 17.0. The lowest BCUT2D eigenvalue weighted by Gasteiger charge is -2.13. The number of alkyl halides is 3. The lowest BCUT2D eigenvalue weighted by Crippen LogP contribution is -2.17. The normalized spacial score (nSPS) is 11.4. The number of anilines is 1. The van der Waals surface area contributed by atoms with Crippen molar-refractivity contribution >= 4 is 22.6 Å². The van der Waals surface area contributed by atoms with Crippen molar-refractivity contribution in [2.45, 2.75) is 13.3 Å². The van der Waals surface area contributed by atoms with Gasteiger partial charge in [0.25, 0.3) is 0 Å². The van der Waals surface area contributed by atoms with E-state index in [-0.39, 0.29) is 5.69 Å². The first-order chi connectivity index (χ1) is 15.2. The number of H-pyrrole nitrogens is 1. The molecule has 32 heavy (non-hydrogen) atoms. The number of amides is 1. The van der Waals surface area contributed by atoms with Gasteiger partial charge < -0.3 is 15.0 Å². The maximum absolute atomic E-state index is 12.8. The molecule has 4 rings (SSSR count). The second-order valence-corrected chi connectivity index (χ2v) is 7.18. The summed E-state index contributed by atoms with van der Waals surface area (Å²) in [4.78, 5) is 19.2. The number of aromatic amines is 1. The van der Waals surface area contributed by atoms with E-state index in [4.69, 9.17) is 0 Å². The van der Waals surface area contributed by atoms with Crippen LogP contribution in [0.3, 0.4) is 0 Å². The summed E-state index contributed by atoms with van der Waals surface area (Å²) in [6.07, 6.45) is -0.460. The summed E-state index contributed by atoms with van der Waals surface area (Å²) in [5.41, 5.74) is 4.75. The molecule has 2 heterocycles. The predicted molar refractivity (Wildman–Crippen MR) is 117 cm³/mol. The average molecular weight is 437 g/mol. The molecule has 0 atom stereocenters. The standard InChI is InChI=1S/C24H18F3N3O2/c1-3-22(31)30-18-8-16(9-19(11-18)32-24(25,26)27)17-10-20-21(13-29-23(20)28-12-17)15-6-4-5-14(2)7-15/h3-13H,1H2,2H3,(H,28,29)(H,30,31). The van der Waals surface area contributed by atoms with Crippen LogP contribution in [0.25, 0.3) is 33.3 Å². The van der Waals surface area contributed by atoms with Gasteiger partial charge in [0.2, 0.25) is 5.91 Å². The van der Waals surface area contributed by atoms with E-state index < -0.39 is 18.0 Å². The average Bonchev–Trinajstić information content (AvgIpc) is 3.15. The highest BCUT2D eigenvalue weighted by molar-refractivity contribution is 6.00. The van der Waals surface area contributed by atoms with Crippen molar-refractivity contribution in [3.63, 3.8) is 0 Å². The van der Waals surface area contributed by atoms with Crippen molar-refractivity contribution in [1.82, 2.24) is 9.97 Å². The molecule has 0 radical (unpaired) electrons. The van der Waals surface area contributed by atoms with Crippen LogP contribution >= 0.6 is 0 Å². The summed E-state index contributed by atoms with van der Waals surface area (Å²) in [6, 6.07) is 13.7. The maximum Gasteiger partial charge on any atom is 0.573 e. The van der Waals surface area contributed by atoms with Crippen molar-refractivity contribution in [2.75, 3.05) is 5.32 Å². The Kier molecular flexibility index (Phi) is 5.44. The van der Waals surface area contributed by atoms with Crippen LogP contribution in [-0.4, -0.2) is 22.2 Å². The molecule has 0 unspecified atom stereocenters. The summed E-state index contributed by atoms with van der Waals surface area (Å²) >= 11 is 0. The number of benzene rings is 2. The van der Waals surface area contributed by atoms with Gasteiger partial charge in [-0.2, -0.15) is 0 Å². The third kappa shape index (κ3) is 4.64. The molecule has 0 aliphatic heterocycles. The van der Waals surface area contributed by atoms with E-state index in [0.29, 0.717) is 16.8 Å². The molecular formula is C24H18F3N3O2. The number of fused-ring (bicyclic) bond motifs is 1. The lowest BCUT2D eigenvalue weighted by atomic mass is 10.0. The molecule has 0 bridgehead atoms. The maximum atomic E-state index is 12.8. The van der Waals surface area contributed by atoms with Gasteiger partial charge in [0.1, 0.15) is 11.4 Å². The van der Waals surface area contributed by atoms with Crippen LogP contribution in [0.15, 0.2) is 73.6 Å². The zero-order chi connectivity index (χ0) is 22.9. The van der Waals surface area contributed by atoms with Gasteiger partial charge in [-0.05, 0) is 42.3 Å². The predicted octanol–water partition coefficient (Wildman–Crippen LogP) is 6.23. The molecule has 2 aromatic heterocycles. The number of nitrogens with one attached hydrogen (secondary N) is 2. The molecule has 1 amide bonds. The number of nitrogens with zero attached hydrogens (tertiary/aromatic N) is 1. The molecule has 162 valence electrons. The SMILES string of the molecule is C=CC(=O)Nc1cc(OC(F)(F)F)cc(-c2cnc3[nH]cc(-c4cccc(C)c4)c3c2)c1. The molecule has 4 aromatic rings. The van der Waals surface area contributed by atoms with Gasteiger partial charge in [0.15, 0.2) is 0 Å². The van der Waals surface area contributed by atoms with E-state index in [0.717, 1.165) is 34.2 Å². The Morgan fingerprint density at radius 1 is 1.12 bits per heavy atom. The molecule has 8 heteroatoms. The van der Waals surface area contributed by atoms with Crippen LogP contribution in [0, 0.1) is 6.92 Å². The van der Waals surface area contributed by atoms with Gasteiger partial charge >= 0.3 is 6.36 Å². The zero-order valence-electron chi connectivity index (χ0n) is 17.0. The van der Waals surface area contributed by atoms with Gasteiger partial charge in [0.05, 0.1) is 0 Å².